The second-order valence-corrected chi connectivity index (χ2v) is 4.67. The number of rotatable bonds is 3. The summed E-state index contributed by atoms with van der Waals surface area (Å²) in [6.07, 6.45) is 3.60. The van der Waals surface area contributed by atoms with Crippen LogP contribution < -0.4 is 15.4 Å². The van der Waals surface area contributed by atoms with E-state index in [1.807, 2.05) is 18.2 Å². The third-order valence-corrected chi connectivity index (χ3v) is 3.60. The van der Waals surface area contributed by atoms with Gasteiger partial charge in [0.1, 0.15) is 11.8 Å². The average molecular weight is 232 g/mol. The number of nitrogens with one attached hydrogen (secondary N) is 2. The molecular weight excluding hydrogens is 216 g/mol. The van der Waals surface area contributed by atoms with Crippen molar-refractivity contribution in [2.75, 3.05) is 12.4 Å². The van der Waals surface area contributed by atoms with Gasteiger partial charge in [-0.25, -0.2) is 0 Å². The second-order valence-electron chi connectivity index (χ2n) is 4.67. The third-order valence-electron chi connectivity index (χ3n) is 3.60. The summed E-state index contributed by atoms with van der Waals surface area (Å²) < 4.78 is 5.20. The van der Waals surface area contributed by atoms with Crippen LogP contribution in [0.2, 0.25) is 0 Å². The van der Waals surface area contributed by atoms with Crippen molar-refractivity contribution in [2.45, 2.75) is 31.3 Å². The van der Waals surface area contributed by atoms with Crippen molar-refractivity contribution in [1.82, 2.24) is 5.32 Å². The summed E-state index contributed by atoms with van der Waals surface area (Å²) in [5, 5.41) is 6.30. The topological polar surface area (TPSA) is 50.4 Å². The third kappa shape index (κ3) is 1.78. The lowest BCUT2D eigenvalue weighted by molar-refractivity contribution is -0.118. The Morgan fingerprint density at radius 2 is 2.24 bits per heavy atom. The van der Waals surface area contributed by atoms with Crippen molar-refractivity contribution in [3.63, 3.8) is 0 Å². The number of methoxy groups -OCH3 is 1. The maximum Gasteiger partial charge on any atom is 0.246 e. The lowest BCUT2D eigenvalue weighted by Crippen LogP contribution is -2.40. The summed E-state index contributed by atoms with van der Waals surface area (Å²) in [6.45, 7) is 0. The zero-order valence-electron chi connectivity index (χ0n) is 9.82. The molecule has 1 atom stereocenters. The van der Waals surface area contributed by atoms with E-state index in [0.717, 1.165) is 17.0 Å². The summed E-state index contributed by atoms with van der Waals surface area (Å²) in [7, 11) is 1.64. The predicted molar refractivity (Wildman–Crippen MR) is 65.1 cm³/mol. The van der Waals surface area contributed by atoms with E-state index in [4.69, 9.17) is 4.74 Å². The maximum absolute atomic E-state index is 11.9. The number of amides is 1. The van der Waals surface area contributed by atoms with E-state index in [2.05, 4.69) is 10.6 Å². The number of benzene rings is 1. The number of hydrogen-bond acceptors (Lipinski definition) is 3. The molecule has 1 heterocycles. The van der Waals surface area contributed by atoms with Crippen molar-refractivity contribution in [1.29, 1.82) is 0 Å². The minimum Gasteiger partial charge on any atom is -0.497 e. The molecule has 1 unspecified atom stereocenters. The fraction of sp³-hybridized carbons (Fsp3) is 0.462. The van der Waals surface area contributed by atoms with Crippen LogP contribution in [-0.2, 0) is 4.79 Å². The van der Waals surface area contributed by atoms with Gasteiger partial charge in [-0.15, -0.1) is 0 Å². The van der Waals surface area contributed by atoms with E-state index in [1.54, 1.807) is 7.11 Å². The molecule has 0 bridgehead atoms. The van der Waals surface area contributed by atoms with Crippen LogP contribution in [0.4, 0.5) is 5.69 Å². The quantitative estimate of drug-likeness (QED) is 0.836. The molecule has 90 valence electrons. The molecule has 4 heteroatoms. The molecule has 1 aromatic rings. The minimum atomic E-state index is -0.217. The Kier molecular flexibility index (Phi) is 2.52. The van der Waals surface area contributed by atoms with Gasteiger partial charge in [-0.2, -0.15) is 0 Å². The molecule has 1 amide bonds. The van der Waals surface area contributed by atoms with Gasteiger partial charge in [0.15, 0.2) is 0 Å². The fourth-order valence-electron chi connectivity index (χ4n) is 2.34. The minimum absolute atomic E-state index is 0.0418. The molecule has 2 aliphatic rings. The maximum atomic E-state index is 11.9. The molecule has 17 heavy (non-hydrogen) atoms. The Labute approximate surface area is 100 Å². The van der Waals surface area contributed by atoms with Gasteiger partial charge in [0, 0.05) is 17.3 Å². The van der Waals surface area contributed by atoms with Gasteiger partial charge in [-0.3, -0.25) is 10.1 Å². The first-order chi connectivity index (χ1) is 8.28. The summed E-state index contributed by atoms with van der Waals surface area (Å²) >= 11 is 0. The lowest BCUT2D eigenvalue weighted by atomic mass is 9.91. The number of anilines is 1. The monoisotopic (exact) mass is 232 g/mol. The van der Waals surface area contributed by atoms with Crippen molar-refractivity contribution >= 4 is 11.6 Å². The van der Waals surface area contributed by atoms with E-state index >= 15 is 0 Å². The van der Waals surface area contributed by atoms with Crippen LogP contribution in [-0.4, -0.2) is 19.1 Å². The molecule has 1 aliphatic carbocycles. The number of fused-ring (bicyclic) bond motifs is 1. The summed E-state index contributed by atoms with van der Waals surface area (Å²) in [5.41, 5.74) is 1.90. The van der Waals surface area contributed by atoms with Crippen molar-refractivity contribution < 1.29 is 9.53 Å². The van der Waals surface area contributed by atoms with Crippen molar-refractivity contribution in [3.05, 3.63) is 23.8 Å². The predicted octanol–water partition coefficient (Wildman–Crippen LogP) is 1.83. The number of hydrogen-bond donors (Lipinski definition) is 2. The van der Waals surface area contributed by atoms with Crippen LogP contribution >= 0.6 is 0 Å². The molecule has 1 saturated carbocycles. The molecule has 3 rings (SSSR count). The molecule has 0 saturated heterocycles. The first-order valence-corrected chi connectivity index (χ1v) is 6.03. The average Bonchev–Trinajstić information content (AvgIpc) is 2.58. The highest BCUT2D eigenvalue weighted by molar-refractivity contribution is 6.02. The van der Waals surface area contributed by atoms with Crippen LogP contribution in [0.5, 0.6) is 5.75 Å². The Bertz CT molecular complexity index is 455. The Morgan fingerprint density at radius 3 is 2.88 bits per heavy atom. The first-order valence-electron chi connectivity index (χ1n) is 6.03. The Balaban J connectivity index is 1.87. The van der Waals surface area contributed by atoms with Gasteiger partial charge < -0.3 is 10.1 Å². The Morgan fingerprint density at radius 1 is 1.41 bits per heavy atom. The highest BCUT2D eigenvalue weighted by Crippen LogP contribution is 2.35. The van der Waals surface area contributed by atoms with E-state index in [0.29, 0.717) is 6.04 Å². The van der Waals surface area contributed by atoms with Crippen LogP contribution in [0.1, 0.15) is 30.9 Å². The zero-order chi connectivity index (χ0) is 11.8. The van der Waals surface area contributed by atoms with Gasteiger partial charge >= 0.3 is 0 Å². The van der Waals surface area contributed by atoms with E-state index in [-0.39, 0.29) is 11.9 Å². The standard InChI is InChI=1S/C13H16N2O2/c1-17-9-5-6-11-10(7-9)12(13(16)15-11)14-8-3-2-4-8/h5-8,12,14H,2-4H2,1H3,(H,15,16). The van der Waals surface area contributed by atoms with E-state index in [9.17, 15) is 4.79 Å². The second kappa shape index (κ2) is 4.04. The summed E-state index contributed by atoms with van der Waals surface area (Å²) in [5.74, 6) is 0.834. The highest BCUT2D eigenvalue weighted by Gasteiger charge is 2.33. The summed E-state index contributed by atoms with van der Waals surface area (Å²) in [4.78, 5) is 11.9. The molecule has 1 fully saturated rings. The zero-order valence-corrected chi connectivity index (χ0v) is 9.82. The smallest absolute Gasteiger partial charge is 0.246 e. The van der Waals surface area contributed by atoms with Gasteiger partial charge in [0.2, 0.25) is 5.91 Å². The van der Waals surface area contributed by atoms with Crippen LogP contribution in [0.25, 0.3) is 0 Å². The van der Waals surface area contributed by atoms with Gasteiger partial charge in [0.25, 0.3) is 0 Å². The Hall–Kier alpha value is -1.55. The molecule has 0 radical (unpaired) electrons. The largest absolute Gasteiger partial charge is 0.497 e. The molecule has 0 spiro atoms. The van der Waals surface area contributed by atoms with Gasteiger partial charge in [-0.05, 0) is 31.0 Å². The lowest BCUT2D eigenvalue weighted by Gasteiger charge is -2.29. The number of carbonyl (C=O) groups excluding carboxylic acids is 1. The first kappa shape index (κ1) is 10.6. The normalized spacial score (nSPS) is 22.9. The number of ether oxygens (including phenoxy) is 1. The van der Waals surface area contributed by atoms with Crippen LogP contribution in [0.3, 0.4) is 0 Å². The molecule has 4 nitrogen and oxygen atoms in total. The fourth-order valence-corrected chi connectivity index (χ4v) is 2.34. The van der Waals surface area contributed by atoms with Gasteiger partial charge in [-0.1, -0.05) is 6.42 Å². The molecule has 1 aliphatic heterocycles. The van der Waals surface area contributed by atoms with E-state index in [1.165, 1.54) is 19.3 Å². The SMILES string of the molecule is COc1ccc2c(c1)C(NC1CCC1)C(=O)N2. The van der Waals surface area contributed by atoms with Crippen molar-refractivity contribution in [3.8, 4) is 5.75 Å². The molecular formula is C13H16N2O2. The van der Waals surface area contributed by atoms with Crippen molar-refractivity contribution in [2.24, 2.45) is 0 Å². The molecule has 0 aromatic heterocycles. The number of carbonyl (C=O) groups is 1. The van der Waals surface area contributed by atoms with E-state index < -0.39 is 0 Å². The van der Waals surface area contributed by atoms with Crippen LogP contribution in [0, 0.1) is 0 Å². The van der Waals surface area contributed by atoms with Gasteiger partial charge in [0.05, 0.1) is 7.11 Å². The summed E-state index contributed by atoms with van der Waals surface area (Å²) in [6, 6.07) is 5.97. The molecule has 2 N–H and O–H groups in total. The molecule has 1 aromatic carbocycles. The highest BCUT2D eigenvalue weighted by atomic mass is 16.5. The van der Waals surface area contributed by atoms with Crippen LogP contribution in [0.15, 0.2) is 18.2 Å².